The molecule has 0 atom stereocenters. The fourth-order valence-corrected chi connectivity index (χ4v) is 3.68. The third kappa shape index (κ3) is 4.39. The molecule has 2 aromatic carbocycles. The van der Waals surface area contributed by atoms with Gasteiger partial charge >= 0.3 is 0 Å². The molecule has 1 aliphatic carbocycles. The molecule has 0 spiro atoms. The molecule has 4 nitrogen and oxygen atoms in total. The van der Waals surface area contributed by atoms with E-state index in [4.69, 9.17) is 4.74 Å². The minimum Gasteiger partial charge on any atom is -0.486 e. The van der Waals surface area contributed by atoms with Gasteiger partial charge in [0.1, 0.15) is 23.2 Å². The van der Waals surface area contributed by atoms with Gasteiger partial charge in [-0.3, -0.25) is 4.79 Å². The van der Waals surface area contributed by atoms with Crippen LogP contribution in [0.3, 0.4) is 0 Å². The first-order chi connectivity index (χ1) is 13.6. The maximum Gasteiger partial charge on any atom is 0.257 e. The third-order valence-corrected chi connectivity index (χ3v) is 5.54. The number of benzene rings is 2. The van der Waals surface area contributed by atoms with E-state index >= 15 is 0 Å². The van der Waals surface area contributed by atoms with E-state index in [-0.39, 0.29) is 17.5 Å². The van der Waals surface area contributed by atoms with Crippen LogP contribution in [0.15, 0.2) is 53.9 Å². The predicted molar refractivity (Wildman–Crippen MR) is 107 cm³/mol. The van der Waals surface area contributed by atoms with Crippen molar-refractivity contribution in [3.63, 3.8) is 0 Å². The molecule has 0 bridgehead atoms. The number of thiazole rings is 1. The van der Waals surface area contributed by atoms with Crippen LogP contribution in [0, 0.1) is 12.7 Å². The number of amides is 1. The van der Waals surface area contributed by atoms with Crippen LogP contribution < -0.4 is 4.74 Å². The molecule has 0 unspecified atom stereocenters. The Balaban J connectivity index is 1.42. The van der Waals surface area contributed by atoms with Crippen LogP contribution in [0.1, 0.15) is 39.5 Å². The molecule has 6 heteroatoms. The number of carbonyl (C=O) groups excluding carboxylic acids is 1. The largest absolute Gasteiger partial charge is 0.486 e. The van der Waals surface area contributed by atoms with E-state index in [2.05, 4.69) is 4.98 Å². The van der Waals surface area contributed by atoms with Gasteiger partial charge in [0.05, 0.1) is 17.8 Å². The lowest BCUT2D eigenvalue weighted by Crippen LogP contribution is -2.33. The Morgan fingerprint density at radius 2 is 1.96 bits per heavy atom. The lowest BCUT2D eigenvalue weighted by Gasteiger charge is -2.21. The highest BCUT2D eigenvalue weighted by Crippen LogP contribution is 2.30. The van der Waals surface area contributed by atoms with Crippen molar-refractivity contribution in [2.45, 2.75) is 39.0 Å². The van der Waals surface area contributed by atoms with Crippen molar-refractivity contribution in [3.05, 3.63) is 81.6 Å². The first-order valence-electron chi connectivity index (χ1n) is 9.28. The van der Waals surface area contributed by atoms with E-state index < -0.39 is 5.82 Å². The number of halogens is 1. The predicted octanol–water partition coefficient (Wildman–Crippen LogP) is 4.97. The number of hydrogen-bond acceptors (Lipinski definition) is 4. The Hall–Kier alpha value is -2.73. The summed E-state index contributed by atoms with van der Waals surface area (Å²) < 4.78 is 19.8. The highest BCUT2D eigenvalue weighted by Gasteiger charge is 2.34. The quantitative estimate of drug-likeness (QED) is 0.566. The van der Waals surface area contributed by atoms with E-state index in [1.165, 1.54) is 29.0 Å². The van der Waals surface area contributed by atoms with Crippen LogP contribution in [0.25, 0.3) is 0 Å². The summed E-state index contributed by atoms with van der Waals surface area (Å²) >= 11 is 1.51. The molecule has 28 heavy (non-hydrogen) atoms. The Kier molecular flexibility index (Phi) is 5.39. The maximum atomic E-state index is 14.0. The fraction of sp³-hybridized carbons (Fsp3) is 0.273. The van der Waals surface area contributed by atoms with Gasteiger partial charge in [-0.1, -0.05) is 29.8 Å². The molecule has 0 N–H and O–H groups in total. The average molecular weight is 396 g/mol. The van der Waals surface area contributed by atoms with Gasteiger partial charge in [0.25, 0.3) is 5.91 Å². The molecule has 0 saturated heterocycles. The maximum absolute atomic E-state index is 14.0. The molecule has 1 heterocycles. The number of aryl methyl sites for hydroxylation is 1. The van der Waals surface area contributed by atoms with E-state index in [1.54, 1.807) is 17.0 Å². The van der Waals surface area contributed by atoms with Crippen molar-refractivity contribution in [3.8, 4) is 5.75 Å². The van der Waals surface area contributed by atoms with Gasteiger partial charge in [-0.05, 0) is 44.0 Å². The zero-order chi connectivity index (χ0) is 19.5. The van der Waals surface area contributed by atoms with Crippen molar-refractivity contribution in [2.75, 3.05) is 0 Å². The second-order valence-electron chi connectivity index (χ2n) is 6.98. The topological polar surface area (TPSA) is 42.4 Å². The summed E-state index contributed by atoms with van der Waals surface area (Å²) in [6.45, 7) is 2.81. The highest BCUT2D eigenvalue weighted by atomic mass is 32.1. The standard InChI is InChI=1S/C22H21FN2O2S/c1-15-6-10-18(11-7-15)27-13-21-24-16(14-28-21)12-25(17-8-9-17)22(26)19-4-2-3-5-20(19)23/h2-7,10-11,14,17H,8-9,12-13H2,1H3. The third-order valence-electron chi connectivity index (χ3n) is 4.67. The number of nitrogens with zero attached hydrogens (tertiary/aromatic N) is 2. The summed E-state index contributed by atoms with van der Waals surface area (Å²) in [4.78, 5) is 19.2. The van der Waals surface area contributed by atoms with Gasteiger partial charge < -0.3 is 9.64 Å². The molecule has 1 aromatic heterocycles. The van der Waals surface area contributed by atoms with Crippen LogP contribution in [-0.2, 0) is 13.2 Å². The van der Waals surface area contributed by atoms with Crippen LogP contribution in [0.5, 0.6) is 5.75 Å². The Labute approximate surface area is 167 Å². The Morgan fingerprint density at radius 3 is 2.68 bits per heavy atom. The van der Waals surface area contributed by atoms with Gasteiger partial charge in [0.2, 0.25) is 0 Å². The van der Waals surface area contributed by atoms with Crippen LogP contribution in [-0.4, -0.2) is 21.8 Å². The molecule has 1 aliphatic rings. The second kappa shape index (κ2) is 8.10. The molecular weight excluding hydrogens is 375 g/mol. The lowest BCUT2D eigenvalue weighted by molar-refractivity contribution is 0.0723. The van der Waals surface area contributed by atoms with E-state index in [9.17, 15) is 9.18 Å². The summed E-state index contributed by atoms with van der Waals surface area (Å²) in [6, 6.07) is 14.2. The first kappa shape index (κ1) is 18.6. The molecule has 1 saturated carbocycles. The summed E-state index contributed by atoms with van der Waals surface area (Å²) in [5.74, 6) is 0.0476. The molecule has 144 valence electrons. The number of hydrogen-bond donors (Lipinski definition) is 0. The van der Waals surface area contributed by atoms with Crippen molar-refractivity contribution in [1.29, 1.82) is 0 Å². The van der Waals surface area contributed by atoms with E-state index in [0.29, 0.717) is 13.2 Å². The molecule has 1 amide bonds. The number of aromatic nitrogens is 1. The Morgan fingerprint density at radius 1 is 1.21 bits per heavy atom. The smallest absolute Gasteiger partial charge is 0.257 e. The summed E-state index contributed by atoms with van der Waals surface area (Å²) in [5.41, 5.74) is 2.11. The second-order valence-corrected chi connectivity index (χ2v) is 7.92. The fourth-order valence-electron chi connectivity index (χ4n) is 2.98. The van der Waals surface area contributed by atoms with Crippen molar-refractivity contribution >= 4 is 17.2 Å². The lowest BCUT2D eigenvalue weighted by atomic mass is 10.2. The minimum absolute atomic E-state index is 0.118. The van der Waals surface area contributed by atoms with Gasteiger partial charge in [-0.15, -0.1) is 11.3 Å². The monoisotopic (exact) mass is 396 g/mol. The zero-order valence-electron chi connectivity index (χ0n) is 15.6. The summed E-state index contributed by atoms with van der Waals surface area (Å²) in [5, 5.41) is 2.79. The summed E-state index contributed by atoms with van der Waals surface area (Å²) in [6.07, 6.45) is 1.90. The SMILES string of the molecule is Cc1ccc(OCc2nc(CN(C(=O)c3ccccc3F)C3CC3)cs2)cc1. The van der Waals surface area contributed by atoms with E-state index in [0.717, 1.165) is 29.3 Å². The summed E-state index contributed by atoms with van der Waals surface area (Å²) in [7, 11) is 0. The number of rotatable bonds is 7. The van der Waals surface area contributed by atoms with Gasteiger partial charge in [-0.25, -0.2) is 9.37 Å². The highest BCUT2D eigenvalue weighted by molar-refractivity contribution is 7.09. The van der Waals surface area contributed by atoms with Gasteiger partial charge in [0.15, 0.2) is 0 Å². The molecule has 4 rings (SSSR count). The zero-order valence-corrected chi connectivity index (χ0v) is 16.4. The number of ether oxygens (including phenoxy) is 1. The molecule has 1 fully saturated rings. The van der Waals surface area contributed by atoms with E-state index in [1.807, 2.05) is 36.6 Å². The normalized spacial score (nSPS) is 13.4. The van der Waals surface area contributed by atoms with Crippen molar-refractivity contribution in [2.24, 2.45) is 0 Å². The molecule has 0 aliphatic heterocycles. The van der Waals surface area contributed by atoms with Gasteiger partial charge in [-0.2, -0.15) is 0 Å². The Bertz CT molecular complexity index is 967. The molecular formula is C22H21FN2O2S. The number of carbonyl (C=O) groups is 1. The average Bonchev–Trinajstić information content (AvgIpc) is 3.44. The molecule has 0 radical (unpaired) electrons. The van der Waals surface area contributed by atoms with Crippen molar-refractivity contribution in [1.82, 2.24) is 9.88 Å². The van der Waals surface area contributed by atoms with Crippen LogP contribution >= 0.6 is 11.3 Å². The first-order valence-corrected chi connectivity index (χ1v) is 10.2. The molecule has 3 aromatic rings. The van der Waals surface area contributed by atoms with Crippen molar-refractivity contribution < 1.29 is 13.9 Å². The minimum atomic E-state index is -0.483. The van der Waals surface area contributed by atoms with Gasteiger partial charge in [0, 0.05) is 11.4 Å². The van der Waals surface area contributed by atoms with Crippen LogP contribution in [0.4, 0.5) is 4.39 Å². The van der Waals surface area contributed by atoms with Crippen LogP contribution in [0.2, 0.25) is 0 Å².